The lowest BCUT2D eigenvalue weighted by Gasteiger charge is -2.28. The molecule has 15 heavy (non-hydrogen) atoms. The van der Waals surface area contributed by atoms with Crippen molar-refractivity contribution < 1.29 is 0 Å². The molecule has 86 valence electrons. The number of hydrogen-bond acceptors (Lipinski definition) is 1. The molecule has 0 bridgehead atoms. The quantitative estimate of drug-likeness (QED) is 0.499. The first-order chi connectivity index (χ1) is 6.78. The van der Waals surface area contributed by atoms with E-state index >= 15 is 0 Å². The molecular formula is C13H23NS. The average Bonchev–Trinajstić information content (AvgIpc) is 2.01. The minimum absolute atomic E-state index is 0.196. The minimum atomic E-state index is 0.196. The zero-order valence-corrected chi connectivity index (χ0v) is 11.3. The van der Waals surface area contributed by atoms with Gasteiger partial charge in [0.05, 0.1) is 4.99 Å². The maximum atomic E-state index is 5.32. The van der Waals surface area contributed by atoms with Crippen molar-refractivity contribution in [3.05, 3.63) is 24.8 Å². The van der Waals surface area contributed by atoms with Crippen molar-refractivity contribution in [1.82, 2.24) is 4.90 Å². The highest BCUT2D eigenvalue weighted by atomic mass is 32.1. The summed E-state index contributed by atoms with van der Waals surface area (Å²) in [5, 5.41) is 0. The van der Waals surface area contributed by atoms with Crippen LogP contribution in [0.25, 0.3) is 0 Å². The highest BCUT2D eigenvalue weighted by Gasteiger charge is 2.21. The Morgan fingerprint density at radius 3 is 2.27 bits per heavy atom. The largest absolute Gasteiger partial charge is 0.372 e. The summed E-state index contributed by atoms with van der Waals surface area (Å²) in [6.07, 6.45) is 4.75. The second kappa shape index (κ2) is 6.06. The van der Waals surface area contributed by atoms with Crippen LogP contribution in [-0.2, 0) is 0 Å². The molecule has 0 fully saturated rings. The number of hydrogen-bond donors (Lipinski definition) is 0. The summed E-state index contributed by atoms with van der Waals surface area (Å²) in [5.74, 6) is 0. The minimum Gasteiger partial charge on any atom is -0.372 e. The zero-order chi connectivity index (χ0) is 12.1. The molecular weight excluding hydrogens is 202 g/mol. The number of rotatable bonds is 6. The van der Waals surface area contributed by atoms with E-state index in [9.17, 15) is 0 Å². The maximum Gasteiger partial charge on any atom is 0.0779 e. The van der Waals surface area contributed by atoms with Crippen molar-refractivity contribution in [2.45, 2.75) is 33.1 Å². The van der Waals surface area contributed by atoms with Crippen LogP contribution in [0.5, 0.6) is 0 Å². The van der Waals surface area contributed by atoms with E-state index in [-0.39, 0.29) is 5.41 Å². The molecule has 0 aliphatic carbocycles. The summed E-state index contributed by atoms with van der Waals surface area (Å²) >= 11 is 5.32. The predicted octanol–water partition coefficient (Wildman–Crippen LogP) is 3.81. The Hall–Kier alpha value is -0.630. The van der Waals surface area contributed by atoms with Gasteiger partial charge in [-0.25, -0.2) is 0 Å². The summed E-state index contributed by atoms with van der Waals surface area (Å²) in [6.45, 7) is 12.2. The predicted molar refractivity (Wildman–Crippen MR) is 73.3 cm³/mol. The van der Waals surface area contributed by atoms with Gasteiger partial charge in [0, 0.05) is 20.5 Å². The smallest absolute Gasteiger partial charge is 0.0779 e. The normalized spacial score (nSPS) is 10.9. The van der Waals surface area contributed by atoms with Gasteiger partial charge in [0.1, 0.15) is 0 Å². The molecule has 0 aromatic rings. The molecule has 0 saturated heterocycles. The third kappa shape index (κ3) is 6.45. The summed E-state index contributed by atoms with van der Waals surface area (Å²) < 4.78 is 0. The standard InChI is InChI=1S/C13H23NS/c1-7-8-11(2)9-13(3,4)10-12(15)14(5)6/h7H,1-2,8-10H2,3-6H3. The Balaban J connectivity index is 4.23. The van der Waals surface area contributed by atoms with Crippen molar-refractivity contribution >= 4 is 17.2 Å². The van der Waals surface area contributed by atoms with Crippen LogP contribution >= 0.6 is 12.2 Å². The first-order valence-electron chi connectivity index (χ1n) is 5.26. The Bertz CT molecular complexity index is 251. The van der Waals surface area contributed by atoms with Crippen LogP contribution in [0.1, 0.15) is 33.1 Å². The van der Waals surface area contributed by atoms with Gasteiger partial charge < -0.3 is 4.90 Å². The van der Waals surface area contributed by atoms with Crippen molar-refractivity contribution in [3.8, 4) is 0 Å². The fraction of sp³-hybridized carbons (Fsp3) is 0.615. The van der Waals surface area contributed by atoms with E-state index in [1.165, 1.54) is 5.57 Å². The van der Waals surface area contributed by atoms with Crippen LogP contribution in [0.2, 0.25) is 0 Å². The molecule has 1 nitrogen and oxygen atoms in total. The molecule has 2 heteroatoms. The SMILES string of the molecule is C=CCC(=C)CC(C)(C)CC(=S)N(C)C. The lowest BCUT2D eigenvalue weighted by atomic mass is 9.82. The van der Waals surface area contributed by atoms with Gasteiger partial charge >= 0.3 is 0 Å². The average molecular weight is 225 g/mol. The fourth-order valence-electron chi connectivity index (χ4n) is 1.58. The van der Waals surface area contributed by atoms with Crippen LogP contribution in [0.15, 0.2) is 24.8 Å². The molecule has 0 radical (unpaired) electrons. The van der Waals surface area contributed by atoms with Crippen LogP contribution < -0.4 is 0 Å². The molecule has 0 atom stereocenters. The first kappa shape index (κ1) is 14.4. The Labute approximate surface area is 99.9 Å². The lowest BCUT2D eigenvalue weighted by molar-refractivity contribution is 0.366. The van der Waals surface area contributed by atoms with Gasteiger partial charge in [-0.05, 0) is 18.3 Å². The molecule has 0 spiro atoms. The molecule has 0 unspecified atom stereocenters. The van der Waals surface area contributed by atoms with Crippen LogP contribution in [0.3, 0.4) is 0 Å². The van der Waals surface area contributed by atoms with E-state index in [1.54, 1.807) is 0 Å². The Morgan fingerprint density at radius 1 is 1.33 bits per heavy atom. The summed E-state index contributed by atoms with van der Waals surface area (Å²) in [5.41, 5.74) is 1.43. The molecule has 0 aliphatic heterocycles. The van der Waals surface area contributed by atoms with E-state index in [0.29, 0.717) is 0 Å². The number of nitrogens with zero attached hydrogens (tertiary/aromatic N) is 1. The van der Waals surface area contributed by atoms with Gasteiger partial charge in [-0.15, -0.1) is 6.58 Å². The second-order valence-electron chi connectivity index (χ2n) is 5.05. The maximum absolute atomic E-state index is 5.32. The van der Waals surface area contributed by atoms with Gasteiger partial charge in [0.25, 0.3) is 0 Å². The van der Waals surface area contributed by atoms with E-state index in [2.05, 4.69) is 27.0 Å². The van der Waals surface area contributed by atoms with Gasteiger partial charge in [0.2, 0.25) is 0 Å². The Morgan fingerprint density at radius 2 is 1.87 bits per heavy atom. The van der Waals surface area contributed by atoms with Gasteiger partial charge in [0.15, 0.2) is 0 Å². The second-order valence-corrected chi connectivity index (χ2v) is 5.52. The fourth-order valence-corrected chi connectivity index (χ4v) is 1.97. The van der Waals surface area contributed by atoms with Crippen molar-refractivity contribution in [3.63, 3.8) is 0 Å². The summed E-state index contributed by atoms with van der Waals surface area (Å²) in [4.78, 5) is 3.01. The summed E-state index contributed by atoms with van der Waals surface area (Å²) in [6, 6.07) is 0. The molecule has 0 aromatic carbocycles. The van der Waals surface area contributed by atoms with Gasteiger partial charge in [-0.2, -0.15) is 0 Å². The zero-order valence-electron chi connectivity index (χ0n) is 10.5. The van der Waals surface area contributed by atoms with Crippen LogP contribution in [0, 0.1) is 5.41 Å². The van der Waals surface area contributed by atoms with Crippen LogP contribution in [0.4, 0.5) is 0 Å². The van der Waals surface area contributed by atoms with Gasteiger partial charge in [-0.1, -0.05) is 44.3 Å². The first-order valence-corrected chi connectivity index (χ1v) is 5.67. The monoisotopic (exact) mass is 225 g/mol. The van der Waals surface area contributed by atoms with E-state index in [1.807, 2.05) is 25.1 Å². The topological polar surface area (TPSA) is 3.24 Å². The molecule has 0 N–H and O–H groups in total. The Kier molecular flexibility index (Phi) is 5.81. The van der Waals surface area contributed by atoms with Crippen molar-refractivity contribution in [1.29, 1.82) is 0 Å². The molecule has 0 aromatic heterocycles. The number of thiocarbonyl (C=S) groups is 1. The van der Waals surface area contributed by atoms with Crippen molar-refractivity contribution in [2.24, 2.45) is 5.41 Å². The third-order valence-corrected chi connectivity index (χ3v) is 2.80. The molecule has 0 saturated carbocycles. The third-order valence-electron chi connectivity index (χ3n) is 2.29. The number of allylic oxidation sites excluding steroid dienone is 2. The van der Waals surface area contributed by atoms with E-state index < -0.39 is 0 Å². The van der Waals surface area contributed by atoms with Gasteiger partial charge in [-0.3, -0.25) is 0 Å². The molecule has 0 amide bonds. The molecule has 0 rings (SSSR count). The molecule has 0 aliphatic rings. The molecule has 0 heterocycles. The van der Waals surface area contributed by atoms with Crippen molar-refractivity contribution in [2.75, 3.05) is 14.1 Å². The van der Waals surface area contributed by atoms with E-state index in [0.717, 1.165) is 24.3 Å². The van der Waals surface area contributed by atoms with Crippen LogP contribution in [-0.4, -0.2) is 24.0 Å². The summed E-state index contributed by atoms with van der Waals surface area (Å²) in [7, 11) is 3.99. The highest BCUT2D eigenvalue weighted by Crippen LogP contribution is 2.30. The van der Waals surface area contributed by atoms with E-state index in [4.69, 9.17) is 12.2 Å². The lowest BCUT2D eigenvalue weighted by Crippen LogP contribution is -2.26. The highest BCUT2D eigenvalue weighted by molar-refractivity contribution is 7.80.